The molecule has 1 fully saturated rings. The van der Waals surface area contributed by atoms with Gasteiger partial charge >= 0.3 is 0 Å². The maximum absolute atomic E-state index is 12.8. The molecule has 1 aromatic rings. The van der Waals surface area contributed by atoms with Gasteiger partial charge in [0.1, 0.15) is 12.1 Å². The van der Waals surface area contributed by atoms with Crippen LogP contribution in [0, 0.1) is 0 Å². The van der Waals surface area contributed by atoms with Crippen molar-refractivity contribution in [3.8, 4) is 11.8 Å². The van der Waals surface area contributed by atoms with Crippen molar-refractivity contribution in [3.63, 3.8) is 0 Å². The summed E-state index contributed by atoms with van der Waals surface area (Å²) in [7, 11) is 1.52. The normalized spacial score (nSPS) is 18.1. The highest BCUT2D eigenvalue weighted by atomic mass is 32.2. The topological polar surface area (TPSA) is 93.7 Å². The molecule has 144 valence electrons. The zero-order valence-corrected chi connectivity index (χ0v) is 16.3. The molecule has 1 aliphatic rings. The Morgan fingerprint density at radius 3 is 2.88 bits per heavy atom. The number of carbonyl (C=O) groups is 2. The third kappa shape index (κ3) is 6.05. The number of rotatable bonds is 8. The number of likely N-dealkylation sites (tertiary alicyclic amines) is 1. The molecule has 1 aliphatic heterocycles. The summed E-state index contributed by atoms with van der Waals surface area (Å²) >= 11 is 1.65. The van der Waals surface area contributed by atoms with Gasteiger partial charge in [0, 0.05) is 13.5 Å². The fraction of sp³-hybridized carbons (Fsp3) is 0.647. The Labute approximate surface area is 158 Å². The molecule has 2 amide bonds. The smallest absolute Gasteiger partial charge is 0.245 e. The molecule has 0 aliphatic carbocycles. The summed E-state index contributed by atoms with van der Waals surface area (Å²) in [5, 5.41) is 2.77. The van der Waals surface area contributed by atoms with Crippen molar-refractivity contribution in [2.75, 3.05) is 32.2 Å². The summed E-state index contributed by atoms with van der Waals surface area (Å²) < 4.78 is 10.9. The van der Waals surface area contributed by atoms with Crippen LogP contribution in [0.2, 0.25) is 0 Å². The van der Waals surface area contributed by atoms with Gasteiger partial charge in [-0.05, 0) is 31.3 Å². The first kappa shape index (κ1) is 20.3. The summed E-state index contributed by atoms with van der Waals surface area (Å²) in [6.07, 6.45) is 7.14. The lowest BCUT2D eigenvalue weighted by molar-refractivity contribution is -0.138. The molecule has 1 aromatic heterocycles. The van der Waals surface area contributed by atoms with Crippen LogP contribution in [0.15, 0.2) is 12.4 Å². The molecule has 1 saturated heterocycles. The van der Waals surface area contributed by atoms with E-state index in [4.69, 9.17) is 9.47 Å². The predicted octanol–water partition coefficient (Wildman–Crippen LogP) is 1.11. The van der Waals surface area contributed by atoms with E-state index in [1.165, 1.54) is 26.4 Å². The highest BCUT2D eigenvalue weighted by Crippen LogP contribution is 2.19. The van der Waals surface area contributed by atoms with Gasteiger partial charge in [0.15, 0.2) is 0 Å². The summed E-state index contributed by atoms with van der Waals surface area (Å²) in [4.78, 5) is 34.3. The Bertz CT molecular complexity index is 616. The summed E-state index contributed by atoms with van der Waals surface area (Å²) in [6.45, 7) is 2.56. The lowest BCUT2D eigenvalue weighted by Crippen LogP contribution is -2.52. The largest absolute Gasteiger partial charge is 0.480 e. The Morgan fingerprint density at radius 2 is 2.19 bits per heavy atom. The lowest BCUT2D eigenvalue weighted by Gasteiger charge is -2.34. The van der Waals surface area contributed by atoms with E-state index in [2.05, 4.69) is 15.3 Å². The number of thioether (sulfide) groups is 1. The van der Waals surface area contributed by atoms with Crippen molar-refractivity contribution in [2.24, 2.45) is 0 Å². The monoisotopic (exact) mass is 382 g/mol. The van der Waals surface area contributed by atoms with Crippen molar-refractivity contribution in [1.82, 2.24) is 20.2 Å². The van der Waals surface area contributed by atoms with Gasteiger partial charge in [-0.2, -0.15) is 16.7 Å². The molecule has 0 bridgehead atoms. The molecule has 0 spiro atoms. The van der Waals surface area contributed by atoms with Crippen LogP contribution in [0.5, 0.6) is 11.8 Å². The quantitative estimate of drug-likeness (QED) is 0.720. The van der Waals surface area contributed by atoms with Crippen LogP contribution >= 0.6 is 11.8 Å². The summed E-state index contributed by atoms with van der Waals surface area (Å²) in [5.74, 6) is 1.32. The van der Waals surface area contributed by atoms with Crippen LogP contribution in [0.1, 0.15) is 26.2 Å². The molecule has 0 saturated carbocycles. The van der Waals surface area contributed by atoms with Crippen LogP contribution in [0.25, 0.3) is 0 Å². The van der Waals surface area contributed by atoms with Gasteiger partial charge in [0.2, 0.25) is 23.6 Å². The maximum Gasteiger partial charge on any atom is 0.245 e. The van der Waals surface area contributed by atoms with Crippen LogP contribution < -0.4 is 14.8 Å². The first-order valence-electron chi connectivity index (χ1n) is 8.61. The molecule has 2 heterocycles. The Hall–Kier alpha value is -2.03. The number of aromatic nitrogens is 2. The summed E-state index contributed by atoms with van der Waals surface area (Å²) in [5.41, 5.74) is 0. The molecule has 0 aromatic carbocycles. The van der Waals surface area contributed by atoms with E-state index in [9.17, 15) is 9.59 Å². The maximum atomic E-state index is 12.8. The second-order valence-corrected chi connectivity index (χ2v) is 7.09. The highest BCUT2D eigenvalue weighted by molar-refractivity contribution is 7.98. The molecule has 2 unspecified atom stereocenters. The van der Waals surface area contributed by atoms with Crippen molar-refractivity contribution in [1.29, 1.82) is 0 Å². The van der Waals surface area contributed by atoms with E-state index in [-0.39, 0.29) is 17.9 Å². The number of hydrogen-bond donors (Lipinski definition) is 1. The Morgan fingerprint density at radius 1 is 1.42 bits per heavy atom. The van der Waals surface area contributed by atoms with E-state index in [0.717, 1.165) is 18.6 Å². The third-order valence-corrected chi connectivity index (χ3v) is 4.71. The van der Waals surface area contributed by atoms with Gasteiger partial charge in [-0.15, -0.1) is 0 Å². The molecule has 1 N–H and O–H groups in total. The van der Waals surface area contributed by atoms with Crippen molar-refractivity contribution in [2.45, 2.75) is 38.3 Å². The Kier molecular flexibility index (Phi) is 7.96. The molecular formula is C17H26N4O4S. The molecule has 9 heteroatoms. The predicted molar refractivity (Wildman–Crippen MR) is 99.4 cm³/mol. The van der Waals surface area contributed by atoms with E-state index in [1.807, 2.05) is 6.26 Å². The van der Waals surface area contributed by atoms with Gasteiger partial charge in [-0.1, -0.05) is 0 Å². The van der Waals surface area contributed by atoms with Gasteiger partial charge in [-0.25, -0.2) is 0 Å². The first-order chi connectivity index (χ1) is 12.5. The highest BCUT2D eigenvalue weighted by Gasteiger charge is 2.30. The minimum absolute atomic E-state index is 0.0562. The molecule has 26 heavy (non-hydrogen) atoms. The number of nitrogens with one attached hydrogen (secondary N) is 1. The van der Waals surface area contributed by atoms with E-state index in [0.29, 0.717) is 31.3 Å². The fourth-order valence-electron chi connectivity index (χ4n) is 2.85. The van der Waals surface area contributed by atoms with E-state index in [1.54, 1.807) is 16.7 Å². The second kappa shape index (κ2) is 10.2. The SMILES string of the molecule is COc1cncc(OC2CCCN(C(=O)C(CCSC)NC(C)=O)C2)n1. The average Bonchev–Trinajstić information content (AvgIpc) is 2.64. The molecule has 0 radical (unpaired) electrons. The van der Waals surface area contributed by atoms with Crippen LogP contribution in [0.4, 0.5) is 0 Å². The van der Waals surface area contributed by atoms with Crippen LogP contribution in [-0.4, -0.2) is 71.0 Å². The second-order valence-electron chi connectivity index (χ2n) is 6.10. The van der Waals surface area contributed by atoms with Crippen LogP contribution in [-0.2, 0) is 9.59 Å². The number of ether oxygens (including phenoxy) is 2. The van der Waals surface area contributed by atoms with E-state index < -0.39 is 6.04 Å². The van der Waals surface area contributed by atoms with Gasteiger partial charge in [0.05, 0.1) is 26.0 Å². The summed E-state index contributed by atoms with van der Waals surface area (Å²) in [6, 6.07) is -0.490. The van der Waals surface area contributed by atoms with Crippen molar-refractivity contribution >= 4 is 23.6 Å². The molecule has 2 atom stereocenters. The van der Waals surface area contributed by atoms with Crippen molar-refractivity contribution in [3.05, 3.63) is 12.4 Å². The van der Waals surface area contributed by atoms with Crippen LogP contribution in [0.3, 0.4) is 0 Å². The molecule has 8 nitrogen and oxygen atoms in total. The number of hydrogen-bond acceptors (Lipinski definition) is 7. The number of piperidine rings is 1. The minimum atomic E-state index is -0.490. The van der Waals surface area contributed by atoms with E-state index >= 15 is 0 Å². The average molecular weight is 382 g/mol. The Balaban J connectivity index is 1.98. The molecule has 2 rings (SSSR count). The van der Waals surface area contributed by atoms with Gasteiger partial charge in [-0.3, -0.25) is 14.6 Å². The zero-order valence-electron chi connectivity index (χ0n) is 15.4. The van der Waals surface area contributed by atoms with Gasteiger partial charge < -0.3 is 19.7 Å². The zero-order chi connectivity index (χ0) is 18.9. The molecular weight excluding hydrogens is 356 g/mol. The van der Waals surface area contributed by atoms with Gasteiger partial charge in [0.25, 0.3) is 0 Å². The number of carbonyl (C=O) groups excluding carboxylic acids is 2. The number of amides is 2. The minimum Gasteiger partial charge on any atom is -0.480 e. The fourth-order valence-corrected chi connectivity index (χ4v) is 3.32. The lowest BCUT2D eigenvalue weighted by atomic mass is 10.1. The standard InChI is InChI=1S/C17H26N4O4S/c1-12(22)19-14(6-8-26-3)17(23)21-7-4-5-13(11-21)25-16-10-18-9-15(20-16)24-2/h9-10,13-14H,4-8,11H2,1-3H3,(H,19,22). The number of nitrogens with zero attached hydrogens (tertiary/aromatic N) is 3. The first-order valence-corrected chi connectivity index (χ1v) is 10.0. The third-order valence-electron chi connectivity index (χ3n) is 4.06. The van der Waals surface area contributed by atoms with Crippen molar-refractivity contribution < 1.29 is 19.1 Å². The number of methoxy groups -OCH3 is 1.